The summed E-state index contributed by atoms with van der Waals surface area (Å²) < 4.78 is 5.47. The molecule has 1 aliphatic heterocycles. The summed E-state index contributed by atoms with van der Waals surface area (Å²) in [4.78, 5) is 0. The molecule has 1 N–H and O–H groups in total. The molecule has 0 aromatic heterocycles. The molecule has 1 aliphatic rings. The van der Waals surface area contributed by atoms with Crippen LogP contribution in [0.4, 0.5) is 0 Å². The Hall–Kier alpha value is -0.0151. The Morgan fingerprint density at radius 2 is 2.13 bits per heavy atom. The number of hydrogen-bond donors (Lipinski definition) is 1. The van der Waals surface area contributed by atoms with Crippen LogP contribution in [0.5, 0.6) is 0 Å². The summed E-state index contributed by atoms with van der Waals surface area (Å²) in [6, 6.07) is -0.182. The van der Waals surface area contributed by atoms with Gasteiger partial charge in [-0.2, -0.15) is 0 Å². The molecule has 0 saturated carbocycles. The maximum Gasteiger partial charge on any atom is 0.109 e. The van der Waals surface area contributed by atoms with Crippen molar-refractivity contribution in [1.82, 2.24) is 0 Å². The van der Waals surface area contributed by atoms with Gasteiger partial charge in [0.1, 0.15) is 7.85 Å². The van der Waals surface area contributed by atoms with Crippen LogP contribution < -0.4 is 0 Å². The molecule has 3 heteroatoms. The standard InChI is InChI=1S/C12H23BO2/c1-4-5-12(2,3)7-9-6-10(8-14)15-11(9)13/h9-11,14H,4-8H2,1-3H3/t9-,10-,11+/m0/s1. The highest BCUT2D eigenvalue weighted by atomic mass is 16.5. The second kappa shape index (κ2) is 5.35. The monoisotopic (exact) mass is 210 g/mol. The fourth-order valence-corrected chi connectivity index (χ4v) is 2.67. The summed E-state index contributed by atoms with van der Waals surface area (Å²) in [5.74, 6) is 0.406. The van der Waals surface area contributed by atoms with Crippen molar-refractivity contribution in [3.8, 4) is 0 Å². The first-order valence-corrected chi connectivity index (χ1v) is 6.00. The van der Waals surface area contributed by atoms with Gasteiger partial charge in [-0.05, 0) is 30.6 Å². The van der Waals surface area contributed by atoms with E-state index in [1.54, 1.807) is 0 Å². The Morgan fingerprint density at radius 1 is 1.47 bits per heavy atom. The van der Waals surface area contributed by atoms with Crippen LogP contribution in [0.3, 0.4) is 0 Å². The highest BCUT2D eigenvalue weighted by Crippen LogP contribution is 2.37. The van der Waals surface area contributed by atoms with Crippen molar-refractivity contribution in [1.29, 1.82) is 0 Å². The minimum Gasteiger partial charge on any atom is -0.394 e. The van der Waals surface area contributed by atoms with Crippen molar-refractivity contribution in [2.45, 2.75) is 58.6 Å². The van der Waals surface area contributed by atoms with E-state index in [1.807, 2.05) is 0 Å². The lowest BCUT2D eigenvalue weighted by molar-refractivity contribution is 0.0378. The molecule has 2 nitrogen and oxygen atoms in total. The van der Waals surface area contributed by atoms with Crippen LogP contribution >= 0.6 is 0 Å². The lowest BCUT2D eigenvalue weighted by Crippen LogP contribution is -2.23. The fraction of sp³-hybridized carbons (Fsp3) is 1.00. The van der Waals surface area contributed by atoms with Crippen LogP contribution in [-0.2, 0) is 4.74 Å². The highest BCUT2D eigenvalue weighted by Gasteiger charge is 2.34. The number of ether oxygens (including phenoxy) is 1. The first-order valence-electron chi connectivity index (χ1n) is 6.00. The van der Waals surface area contributed by atoms with E-state index >= 15 is 0 Å². The van der Waals surface area contributed by atoms with Gasteiger partial charge in [-0.25, -0.2) is 0 Å². The molecule has 1 heterocycles. The van der Waals surface area contributed by atoms with Gasteiger partial charge in [0.15, 0.2) is 0 Å². The number of aliphatic hydroxyl groups is 1. The fourth-order valence-electron chi connectivity index (χ4n) is 2.67. The Morgan fingerprint density at radius 3 is 2.60 bits per heavy atom. The lowest BCUT2D eigenvalue weighted by Gasteiger charge is -2.28. The molecule has 0 aromatic rings. The zero-order chi connectivity index (χ0) is 11.5. The SMILES string of the molecule is [B][C@@H]1O[C@H](CO)C[C@H]1CC(C)(C)CCC. The van der Waals surface area contributed by atoms with Crippen LogP contribution in [0.15, 0.2) is 0 Å². The molecular formula is C12H23BO2. The normalized spacial score (nSPS) is 32.1. The van der Waals surface area contributed by atoms with E-state index in [0.29, 0.717) is 11.3 Å². The third kappa shape index (κ3) is 3.80. The second-order valence-electron chi connectivity index (χ2n) is 5.52. The van der Waals surface area contributed by atoms with Crippen molar-refractivity contribution in [2.24, 2.45) is 11.3 Å². The van der Waals surface area contributed by atoms with Gasteiger partial charge >= 0.3 is 0 Å². The maximum absolute atomic E-state index is 9.02. The zero-order valence-electron chi connectivity index (χ0n) is 10.2. The van der Waals surface area contributed by atoms with Crippen molar-refractivity contribution in [3.63, 3.8) is 0 Å². The predicted octanol–water partition coefficient (Wildman–Crippen LogP) is 2.09. The van der Waals surface area contributed by atoms with Gasteiger partial charge in [0.2, 0.25) is 0 Å². The van der Waals surface area contributed by atoms with Crippen molar-refractivity contribution in [2.75, 3.05) is 6.61 Å². The maximum atomic E-state index is 9.02. The molecule has 0 bridgehead atoms. The lowest BCUT2D eigenvalue weighted by atomic mass is 9.73. The van der Waals surface area contributed by atoms with Crippen LogP contribution in [0.1, 0.15) is 46.5 Å². The quantitative estimate of drug-likeness (QED) is 0.704. The van der Waals surface area contributed by atoms with Gasteiger partial charge in [0.05, 0.1) is 12.7 Å². The molecule has 0 amide bonds. The van der Waals surface area contributed by atoms with Gasteiger partial charge in [-0.1, -0.05) is 27.2 Å². The Kier molecular flexibility index (Phi) is 4.66. The zero-order valence-corrected chi connectivity index (χ0v) is 10.2. The number of aliphatic hydroxyl groups excluding tert-OH is 1. The third-order valence-corrected chi connectivity index (χ3v) is 3.33. The summed E-state index contributed by atoms with van der Waals surface area (Å²) in [5, 5.41) is 9.02. The first-order chi connectivity index (χ1) is 6.98. The van der Waals surface area contributed by atoms with Crippen LogP contribution in [0, 0.1) is 11.3 Å². The largest absolute Gasteiger partial charge is 0.394 e. The van der Waals surface area contributed by atoms with Gasteiger partial charge in [0.25, 0.3) is 0 Å². The highest BCUT2D eigenvalue weighted by molar-refractivity contribution is 6.11. The van der Waals surface area contributed by atoms with Gasteiger partial charge < -0.3 is 9.84 Å². The number of rotatable bonds is 5. The van der Waals surface area contributed by atoms with E-state index in [1.165, 1.54) is 12.8 Å². The molecular weight excluding hydrogens is 187 g/mol. The summed E-state index contributed by atoms with van der Waals surface area (Å²) >= 11 is 0. The van der Waals surface area contributed by atoms with E-state index in [-0.39, 0.29) is 18.7 Å². The molecule has 0 aliphatic carbocycles. The molecule has 0 spiro atoms. The molecule has 0 aromatic carbocycles. The molecule has 3 atom stereocenters. The topological polar surface area (TPSA) is 29.5 Å². The van der Waals surface area contributed by atoms with Gasteiger partial charge in [0, 0.05) is 6.00 Å². The molecule has 15 heavy (non-hydrogen) atoms. The molecule has 86 valence electrons. The summed E-state index contributed by atoms with van der Waals surface area (Å²) in [6.45, 7) is 6.88. The molecule has 1 saturated heterocycles. The van der Waals surface area contributed by atoms with Crippen LogP contribution in [0.25, 0.3) is 0 Å². The summed E-state index contributed by atoms with van der Waals surface area (Å²) in [6.07, 6.45) is 4.39. The number of hydrogen-bond acceptors (Lipinski definition) is 2. The Bertz CT molecular complexity index is 194. The predicted molar refractivity (Wildman–Crippen MR) is 62.9 cm³/mol. The van der Waals surface area contributed by atoms with Gasteiger partial charge in [-0.3, -0.25) is 0 Å². The van der Waals surface area contributed by atoms with E-state index in [9.17, 15) is 0 Å². The third-order valence-electron chi connectivity index (χ3n) is 3.33. The van der Waals surface area contributed by atoms with E-state index in [2.05, 4.69) is 20.8 Å². The first kappa shape index (κ1) is 13.1. The average Bonchev–Trinajstić information content (AvgIpc) is 2.46. The van der Waals surface area contributed by atoms with E-state index < -0.39 is 0 Å². The second-order valence-corrected chi connectivity index (χ2v) is 5.52. The minimum absolute atomic E-state index is 0.0394. The van der Waals surface area contributed by atoms with E-state index in [0.717, 1.165) is 12.8 Å². The van der Waals surface area contributed by atoms with Crippen molar-refractivity contribution >= 4 is 7.85 Å². The Labute approximate surface area is 94.8 Å². The Balaban J connectivity index is 2.44. The molecule has 0 unspecified atom stereocenters. The van der Waals surface area contributed by atoms with Crippen LogP contribution in [-0.4, -0.2) is 31.7 Å². The van der Waals surface area contributed by atoms with Crippen molar-refractivity contribution < 1.29 is 9.84 Å². The smallest absolute Gasteiger partial charge is 0.109 e. The average molecular weight is 210 g/mol. The summed E-state index contributed by atoms with van der Waals surface area (Å²) in [5.41, 5.74) is 0.338. The van der Waals surface area contributed by atoms with Crippen LogP contribution in [0.2, 0.25) is 0 Å². The molecule has 1 fully saturated rings. The summed E-state index contributed by atoms with van der Waals surface area (Å²) in [7, 11) is 5.91. The minimum atomic E-state index is -0.182. The molecule has 1 rings (SSSR count). The van der Waals surface area contributed by atoms with Gasteiger partial charge in [-0.15, -0.1) is 0 Å². The van der Waals surface area contributed by atoms with Crippen molar-refractivity contribution in [3.05, 3.63) is 0 Å². The van der Waals surface area contributed by atoms with E-state index in [4.69, 9.17) is 17.7 Å². The molecule has 2 radical (unpaired) electrons.